The fourth-order valence-corrected chi connectivity index (χ4v) is 3.37. The van der Waals surface area contributed by atoms with Gasteiger partial charge in [-0.1, -0.05) is 19.1 Å². The van der Waals surface area contributed by atoms with Crippen LogP contribution in [0.1, 0.15) is 18.9 Å². The molecule has 2 fully saturated rings. The van der Waals surface area contributed by atoms with Gasteiger partial charge in [-0.3, -0.25) is 9.69 Å². The van der Waals surface area contributed by atoms with E-state index < -0.39 is 0 Å². The van der Waals surface area contributed by atoms with Gasteiger partial charge in [-0.15, -0.1) is 0 Å². The first-order valence-electron chi connectivity index (χ1n) is 8.70. The van der Waals surface area contributed by atoms with Crippen molar-refractivity contribution in [3.05, 3.63) is 29.8 Å². The molecule has 1 atom stereocenters. The molecule has 1 amide bonds. The Balaban J connectivity index is 1.45. The first-order chi connectivity index (χ1) is 11.3. The predicted molar refractivity (Wildman–Crippen MR) is 90.7 cm³/mol. The average molecular weight is 317 g/mol. The molecular formula is C18H27N3O2. The third-order valence-corrected chi connectivity index (χ3v) is 4.88. The van der Waals surface area contributed by atoms with Gasteiger partial charge in [0, 0.05) is 45.3 Å². The van der Waals surface area contributed by atoms with Gasteiger partial charge in [-0.05, 0) is 30.5 Å². The monoisotopic (exact) mass is 317 g/mol. The Bertz CT molecular complexity index is 512. The first kappa shape index (κ1) is 16.3. The average Bonchev–Trinajstić information content (AvgIpc) is 3.11. The second-order valence-corrected chi connectivity index (χ2v) is 6.35. The second-order valence-electron chi connectivity index (χ2n) is 6.35. The molecule has 0 radical (unpaired) electrons. The van der Waals surface area contributed by atoms with Crippen LogP contribution in [0.15, 0.2) is 24.3 Å². The first-order valence-corrected chi connectivity index (χ1v) is 8.70. The quantitative estimate of drug-likeness (QED) is 0.884. The summed E-state index contributed by atoms with van der Waals surface area (Å²) in [5.74, 6) is 0.871. The number of hydrogen-bond donors (Lipinski definition) is 1. The highest BCUT2D eigenvalue weighted by Crippen LogP contribution is 2.17. The molecule has 2 heterocycles. The Hall–Kier alpha value is -1.59. The van der Waals surface area contributed by atoms with Crippen molar-refractivity contribution in [1.29, 1.82) is 0 Å². The van der Waals surface area contributed by atoms with E-state index in [0.29, 0.717) is 6.04 Å². The number of rotatable bonds is 5. The minimum Gasteiger partial charge on any atom is -0.484 e. The molecule has 1 aromatic carbocycles. The molecule has 3 rings (SSSR count). The number of nitrogens with zero attached hydrogens (tertiary/aromatic N) is 2. The number of ether oxygens (including phenoxy) is 1. The van der Waals surface area contributed by atoms with Crippen molar-refractivity contribution in [2.24, 2.45) is 0 Å². The van der Waals surface area contributed by atoms with E-state index >= 15 is 0 Å². The van der Waals surface area contributed by atoms with E-state index in [1.165, 1.54) is 5.56 Å². The van der Waals surface area contributed by atoms with Crippen LogP contribution in [0.25, 0.3) is 0 Å². The minimum atomic E-state index is 0.0993. The van der Waals surface area contributed by atoms with Crippen molar-refractivity contribution < 1.29 is 9.53 Å². The lowest BCUT2D eigenvalue weighted by Crippen LogP contribution is -2.49. The molecule has 5 nitrogen and oxygen atoms in total. The van der Waals surface area contributed by atoms with Gasteiger partial charge in [0.05, 0.1) is 0 Å². The van der Waals surface area contributed by atoms with E-state index in [2.05, 4.69) is 29.3 Å². The molecule has 0 bridgehead atoms. The number of aryl methyl sites for hydroxylation is 1. The van der Waals surface area contributed by atoms with Gasteiger partial charge in [0.1, 0.15) is 5.75 Å². The van der Waals surface area contributed by atoms with E-state index in [0.717, 1.165) is 57.9 Å². The Morgan fingerprint density at radius 2 is 1.96 bits per heavy atom. The third kappa shape index (κ3) is 4.24. The largest absolute Gasteiger partial charge is 0.484 e. The zero-order valence-corrected chi connectivity index (χ0v) is 14.0. The number of nitrogens with one attached hydrogen (secondary N) is 1. The van der Waals surface area contributed by atoms with Gasteiger partial charge in [-0.25, -0.2) is 0 Å². The number of likely N-dealkylation sites (tertiary alicyclic amines) is 1. The van der Waals surface area contributed by atoms with Gasteiger partial charge in [0.2, 0.25) is 0 Å². The summed E-state index contributed by atoms with van der Waals surface area (Å²) in [6.07, 6.45) is 2.09. The van der Waals surface area contributed by atoms with Crippen molar-refractivity contribution in [2.75, 3.05) is 45.9 Å². The Morgan fingerprint density at radius 1 is 1.22 bits per heavy atom. The number of hydrogen-bond acceptors (Lipinski definition) is 4. The smallest absolute Gasteiger partial charge is 0.260 e. The molecule has 1 unspecified atom stereocenters. The highest BCUT2D eigenvalue weighted by Gasteiger charge is 2.30. The number of amides is 1. The summed E-state index contributed by atoms with van der Waals surface area (Å²) in [6.45, 7) is 8.26. The van der Waals surface area contributed by atoms with E-state index in [1.54, 1.807) is 0 Å². The standard InChI is InChI=1S/C18H27N3O2/c1-2-15-3-5-17(6-4-15)23-14-18(22)21-10-7-16(13-21)20-11-8-19-9-12-20/h3-6,16,19H,2,7-14H2,1H3. The molecule has 2 saturated heterocycles. The van der Waals surface area contributed by atoms with Crippen molar-refractivity contribution >= 4 is 5.91 Å². The SMILES string of the molecule is CCc1ccc(OCC(=O)N2CCC(N3CCNCC3)C2)cc1. The summed E-state index contributed by atoms with van der Waals surface area (Å²) < 4.78 is 5.65. The van der Waals surface area contributed by atoms with Crippen LogP contribution < -0.4 is 10.1 Å². The Kier molecular flexibility index (Phi) is 5.51. The zero-order valence-electron chi connectivity index (χ0n) is 14.0. The lowest BCUT2D eigenvalue weighted by Gasteiger charge is -2.32. The summed E-state index contributed by atoms with van der Waals surface area (Å²) in [7, 11) is 0. The summed E-state index contributed by atoms with van der Waals surface area (Å²) in [5, 5.41) is 3.38. The second kappa shape index (κ2) is 7.79. The number of carbonyl (C=O) groups is 1. The van der Waals surface area contributed by atoms with Crippen LogP contribution in [0.4, 0.5) is 0 Å². The lowest BCUT2D eigenvalue weighted by molar-refractivity contribution is -0.132. The van der Waals surface area contributed by atoms with Gasteiger partial charge in [0.25, 0.3) is 5.91 Å². The zero-order chi connectivity index (χ0) is 16.1. The Morgan fingerprint density at radius 3 is 2.65 bits per heavy atom. The summed E-state index contributed by atoms with van der Waals surface area (Å²) in [5.41, 5.74) is 1.28. The van der Waals surface area contributed by atoms with Gasteiger partial charge < -0.3 is 15.0 Å². The molecule has 2 aliphatic heterocycles. The molecule has 5 heteroatoms. The third-order valence-electron chi connectivity index (χ3n) is 4.88. The summed E-state index contributed by atoms with van der Waals surface area (Å²) >= 11 is 0. The van der Waals surface area contributed by atoms with Gasteiger partial charge in [0.15, 0.2) is 6.61 Å². The maximum Gasteiger partial charge on any atom is 0.260 e. The fraction of sp³-hybridized carbons (Fsp3) is 0.611. The van der Waals surface area contributed by atoms with E-state index in [1.807, 2.05) is 17.0 Å². The van der Waals surface area contributed by atoms with Crippen LogP contribution in [0.5, 0.6) is 5.75 Å². The molecule has 0 spiro atoms. The topological polar surface area (TPSA) is 44.8 Å². The van der Waals surface area contributed by atoms with Crippen molar-refractivity contribution in [3.63, 3.8) is 0 Å². The van der Waals surface area contributed by atoms with Crippen LogP contribution in [-0.2, 0) is 11.2 Å². The Labute approximate surface area is 138 Å². The molecule has 126 valence electrons. The van der Waals surface area contributed by atoms with E-state index in [4.69, 9.17) is 4.74 Å². The predicted octanol–water partition coefficient (Wildman–Crippen LogP) is 1.13. The lowest BCUT2D eigenvalue weighted by atomic mass is 10.2. The van der Waals surface area contributed by atoms with Gasteiger partial charge in [-0.2, -0.15) is 0 Å². The van der Waals surface area contributed by atoms with Gasteiger partial charge >= 0.3 is 0 Å². The highest BCUT2D eigenvalue weighted by atomic mass is 16.5. The molecule has 1 aromatic rings. The van der Waals surface area contributed by atoms with Crippen LogP contribution >= 0.6 is 0 Å². The fourth-order valence-electron chi connectivity index (χ4n) is 3.37. The van der Waals surface area contributed by atoms with Crippen molar-refractivity contribution in [2.45, 2.75) is 25.8 Å². The molecule has 0 saturated carbocycles. The molecule has 1 N–H and O–H groups in total. The van der Waals surface area contributed by atoms with Crippen LogP contribution in [0.2, 0.25) is 0 Å². The van der Waals surface area contributed by atoms with E-state index in [-0.39, 0.29) is 12.5 Å². The van der Waals surface area contributed by atoms with Crippen LogP contribution in [-0.4, -0.2) is 67.6 Å². The summed E-state index contributed by atoms with van der Waals surface area (Å²) in [6, 6.07) is 8.51. The molecule has 2 aliphatic rings. The number of carbonyl (C=O) groups excluding carboxylic acids is 1. The molecule has 0 aromatic heterocycles. The normalized spacial score (nSPS) is 22.3. The molecular weight excluding hydrogens is 290 g/mol. The van der Waals surface area contributed by atoms with E-state index in [9.17, 15) is 4.79 Å². The summed E-state index contributed by atoms with van der Waals surface area (Å²) in [4.78, 5) is 16.8. The van der Waals surface area contributed by atoms with Crippen LogP contribution in [0, 0.1) is 0 Å². The number of piperazine rings is 1. The number of benzene rings is 1. The molecule has 0 aliphatic carbocycles. The van der Waals surface area contributed by atoms with Crippen molar-refractivity contribution in [3.8, 4) is 5.75 Å². The maximum absolute atomic E-state index is 12.3. The highest BCUT2D eigenvalue weighted by molar-refractivity contribution is 5.78. The maximum atomic E-state index is 12.3. The van der Waals surface area contributed by atoms with Crippen molar-refractivity contribution in [1.82, 2.24) is 15.1 Å². The minimum absolute atomic E-state index is 0.0993. The van der Waals surface area contributed by atoms with Crippen LogP contribution in [0.3, 0.4) is 0 Å². The molecule has 23 heavy (non-hydrogen) atoms.